The second-order valence-electron chi connectivity index (χ2n) is 10.4. The maximum Gasteiger partial charge on any atom is 0.231 e. The lowest BCUT2D eigenvalue weighted by Crippen LogP contribution is -2.41. The number of ether oxygens (including phenoxy) is 5. The summed E-state index contributed by atoms with van der Waals surface area (Å²) in [5.41, 5.74) is 6.36. The van der Waals surface area contributed by atoms with E-state index in [0.717, 1.165) is 72.1 Å². The molecular formula is C35H32NO5+. The molecule has 206 valence electrons. The second-order valence-corrected chi connectivity index (χ2v) is 10.4. The van der Waals surface area contributed by atoms with Gasteiger partial charge in [0.1, 0.15) is 11.5 Å². The van der Waals surface area contributed by atoms with E-state index in [1.807, 2.05) is 48.5 Å². The Kier molecular flexibility index (Phi) is 6.59. The molecule has 7 rings (SSSR count). The first-order valence-corrected chi connectivity index (χ1v) is 14.1. The molecule has 0 saturated carbocycles. The fourth-order valence-electron chi connectivity index (χ4n) is 6.08. The quantitative estimate of drug-likeness (QED) is 0.195. The molecule has 41 heavy (non-hydrogen) atoms. The third kappa shape index (κ3) is 4.69. The van der Waals surface area contributed by atoms with Crippen LogP contribution >= 0.6 is 0 Å². The molecule has 4 aromatic carbocycles. The van der Waals surface area contributed by atoms with Crippen LogP contribution in [0.3, 0.4) is 0 Å². The van der Waals surface area contributed by atoms with Gasteiger partial charge in [-0.15, -0.1) is 0 Å². The molecule has 6 nitrogen and oxygen atoms in total. The highest BCUT2D eigenvalue weighted by Crippen LogP contribution is 2.44. The van der Waals surface area contributed by atoms with Crippen LogP contribution in [0.2, 0.25) is 0 Å². The molecule has 2 aliphatic rings. The molecule has 0 fully saturated rings. The summed E-state index contributed by atoms with van der Waals surface area (Å²) >= 11 is 0. The number of hydrogen-bond donors (Lipinski definition) is 0. The van der Waals surface area contributed by atoms with Gasteiger partial charge in [0, 0.05) is 17.4 Å². The average molecular weight is 547 g/mol. The van der Waals surface area contributed by atoms with Crippen molar-refractivity contribution in [2.45, 2.75) is 32.2 Å². The lowest BCUT2D eigenvalue weighted by atomic mass is 9.89. The van der Waals surface area contributed by atoms with Crippen molar-refractivity contribution in [3.8, 4) is 45.8 Å². The minimum absolute atomic E-state index is 0.273. The second kappa shape index (κ2) is 10.7. The number of rotatable bonds is 8. The molecule has 0 unspecified atom stereocenters. The van der Waals surface area contributed by atoms with Crippen LogP contribution < -0.4 is 28.3 Å². The van der Waals surface area contributed by atoms with Gasteiger partial charge in [0.2, 0.25) is 12.5 Å². The first-order valence-electron chi connectivity index (χ1n) is 14.1. The average Bonchev–Trinajstić information content (AvgIpc) is 3.47. The van der Waals surface area contributed by atoms with E-state index in [1.165, 1.54) is 33.3 Å². The lowest BCUT2D eigenvalue weighted by Gasteiger charge is -2.21. The summed E-state index contributed by atoms with van der Waals surface area (Å²) in [5.74, 6) is 4.85. The standard InChI is InChI=1S/C35H32NO5/c1-37-31-16-15-27-28(10-6-7-23-11-13-26(14-12-23)41-25-8-4-3-5-9-25)34-29-20-33-32(39-22-40-33)19-24(29)17-18-36(34)21-30(27)35(31)38-2/h3-5,8-9,11-16,19-21H,6-7,10,17-18,22H2,1-2H3/q+1. The van der Waals surface area contributed by atoms with Gasteiger partial charge in [0.25, 0.3) is 0 Å². The first-order chi connectivity index (χ1) is 20.2. The molecule has 6 heteroatoms. The molecule has 0 radical (unpaired) electrons. The minimum atomic E-state index is 0.273. The maximum absolute atomic E-state index is 5.98. The molecule has 3 heterocycles. The number of nitrogens with zero attached hydrogens (tertiary/aromatic N) is 1. The fourth-order valence-corrected chi connectivity index (χ4v) is 6.08. The molecule has 0 aliphatic carbocycles. The number of fused-ring (bicyclic) bond motifs is 5. The fraction of sp³-hybridized carbons (Fsp3) is 0.229. The zero-order chi connectivity index (χ0) is 27.8. The third-order valence-electron chi connectivity index (χ3n) is 8.04. The van der Waals surface area contributed by atoms with Gasteiger partial charge in [-0.3, -0.25) is 0 Å². The molecule has 0 spiro atoms. The SMILES string of the molecule is COc1ccc2c(CCCc3ccc(Oc4ccccc4)cc3)c3[n+](cc2c1OC)CCc1cc2c(cc1-3)OCO2. The highest BCUT2D eigenvalue weighted by atomic mass is 16.7. The molecular weight excluding hydrogens is 514 g/mol. The summed E-state index contributed by atoms with van der Waals surface area (Å²) in [6.45, 7) is 1.16. The van der Waals surface area contributed by atoms with E-state index < -0.39 is 0 Å². The topological polar surface area (TPSA) is 50.0 Å². The van der Waals surface area contributed by atoms with Crippen molar-refractivity contribution in [2.24, 2.45) is 0 Å². The van der Waals surface area contributed by atoms with Crippen molar-refractivity contribution in [2.75, 3.05) is 21.0 Å². The molecule has 0 N–H and O–H groups in total. The lowest BCUT2D eigenvalue weighted by molar-refractivity contribution is -0.686. The van der Waals surface area contributed by atoms with Crippen molar-refractivity contribution in [3.05, 3.63) is 102 Å². The van der Waals surface area contributed by atoms with E-state index in [4.69, 9.17) is 23.7 Å². The van der Waals surface area contributed by atoms with Crippen molar-refractivity contribution >= 4 is 10.8 Å². The number of aromatic nitrogens is 1. The zero-order valence-corrected chi connectivity index (χ0v) is 23.3. The Hall–Kier alpha value is -4.71. The van der Waals surface area contributed by atoms with Crippen LogP contribution in [0.5, 0.6) is 34.5 Å². The van der Waals surface area contributed by atoms with Crippen molar-refractivity contribution in [1.29, 1.82) is 0 Å². The summed E-state index contributed by atoms with van der Waals surface area (Å²) < 4.78 is 31.3. The Morgan fingerprint density at radius 1 is 0.780 bits per heavy atom. The number of hydrogen-bond acceptors (Lipinski definition) is 5. The van der Waals surface area contributed by atoms with Crippen molar-refractivity contribution in [3.63, 3.8) is 0 Å². The summed E-state index contributed by atoms with van der Waals surface area (Å²) in [6, 6.07) is 26.8. The Morgan fingerprint density at radius 3 is 2.34 bits per heavy atom. The largest absolute Gasteiger partial charge is 0.493 e. The van der Waals surface area contributed by atoms with E-state index in [2.05, 4.69) is 41.1 Å². The van der Waals surface area contributed by atoms with Crippen molar-refractivity contribution in [1.82, 2.24) is 0 Å². The normalized spacial score (nSPS) is 13.0. The van der Waals surface area contributed by atoms with Gasteiger partial charge in [0.05, 0.1) is 25.2 Å². The smallest absolute Gasteiger partial charge is 0.231 e. The predicted molar refractivity (Wildman–Crippen MR) is 157 cm³/mol. The van der Waals surface area contributed by atoms with Gasteiger partial charge < -0.3 is 23.7 Å². The number of benzene rings is 4. The Morgan fingerprint density at radius 2 is 1.56 bits per heavy atom. The van der Waals surface area contributed by atoms with Gasteiger partial charge in [0.15, 0.2) is 35.7 Å². The van der Waals surface area contributed by atoms with Crippen LogP contribution in [0.1, 0.15) is 23.1 Å². The van der Waals surface area contributed by atoms with Gasteiger partial charge in [-0.05, 0) is 78.9 Å². The van der Waals surface area contributed by atoms with Crippen LogP contribution in [0.25, 0.3) is 22.0 Å². The Bertz CT molecular complexity index is 1730. The number of methoxy groups -OCH3 is 2. The summed E-state index contributed by atoms with van der Waals surface area (Å²) in [4.78, 5) is 0. The van der Waals surface area contributed by atoms with E-state index in [-0.39, 0.29) is 6.79 Å². The summed E-state index contributed by atoms with van der Waals surface area (Å²) in [7, 11) is 3.40. The third-order valence-corrected chi connectivity index (χ3v) is 8.04. The summed E-state index contributed by atoms with van der Waals surface area (Å²) in [6.07, 6.45) is 6.02. The number of pyridine rings is 1. The minimum Gasteiger partial charge on any atom is -0.493 e. The zero-order valence-electron chi connectivity index (χ0n) is 23.3. The van der Waals surface area contributed by atoms with E-state index in [0.29, 0.717) is 0 Å². The first kappa shape index (κ1) is 25.3. The number of para-hydroxylation sites is 1. The maximum atomic E-state index is 5.98. The van der Waals surface area contributed by atoms with Crippen LogP contribution in [-0.2, 0) is 25.8 Å². The highest BCUT2D eigenvalue weighted by Gasteiger charge is 2.32. The van der Waals surface area contributed by atoms with Gasteiger partial charge >= 0.3 is 0 Å². The Balaban J connectivity index is 1.23. The van der Waals surface area contributed by atoms with Crippen molar-refractivity contribution < 1.29 is 28.3 Å². The Labute approximate surface area is 239 Å². The van der Waals surface area contributed by atoms with Gasteiger partial charge in [-0.2, -0.15) is 4.57 Å². The van der Waals surface area contributed by atoms with Crippen LogP contribution in [0.15, 0.2) is 85.1 Å². The molecule has 1 aromatic heterocycles. The van der Waals surface area contributed by atoms with Gasteiger partial charge in [-0.1, -0.05) is 30.3 Å². The molecule has 2 aliphatic heterocycles. The number of aryl methyl sites for hydroxylation is 4. The summed E-state index contributed by atoms with van der Waals surface area (Å²) in [5, 5.41) is 2.25. The van der Waals surface area contributed by atoms with Crippen LogP contribution in [-0.4, -0.2) is 21.0 Å². The van der Waals surface area contributed by atoms with Crippen LogP contribution in [0.4, 0.5) is 0 Å². The van der Waals surface area contributed by atoms with Crippen LogP contribution in [0, 0.1) is 0 Å². The predicted octanol–water partition coefficient (Wildman–Crippen LogP) is 7.06. The van der Waals surface area contributed by atoms with Gasteiger partial charge in [-0.25, -0.2) is 0 Å². The monoisotopic (exact) mass is 546 g/mol. The molecule has 5 aromatic rings. The molecule has 0 atom stereocenters. The molecule has 0 saturated heterocycles. The van der Waals surface area contributed by atoms with E-state index in [1.54, 1.807) is 14.2 Å². The highest BCUT2D eigenvalue weighted by molar-refractivity contribution is 5.95. The molecule has 0 bridgehead atoms. The van der Waals surface area contributed by atoms with E-state index >= 15 is 0 Å². The van der Waals surface area contributed by atoms with E-state index in [9.17, 15) is 0 Å². The molecule has 0 amide bonds.